The molecular weight excluding hydrogens is 256 g/mol. The van der Waals surface area contributed by atoms with Crippen LogP contribution in [0.15, 0.2) is 34.7 Å². The van der Waals surface area contributed by atoms with Crippen LogP contribution in [0.5, 0.6) is 0 Å². The predicted octanol–water partition coefficient (Wildman–Crippen LogP) is 2.99. The molecule has 0 atom stereocenters. The van der Waals surface area contributed by atoms with Crippen molar-refractivity contribution in [1.29, 1.82) is 0 Å². The summed E-state index contributed by atoms with van der Waals surface area (Å²) in [7, 11) is 0. The van der Waals surface area contributed by atoms with Crippen molar-refractivity contribution in [2.45, 2.75) is 20.4 Å². The van der Waals surface area contributed by atoms with E-state index in [0.717, 1.165) is 22.3 Å². The second-order valence-corrected chi connectivity index (χ2v) is 4.87. The summed E-state index contributed by atoms with van der Waals surface area (Å²) in [6, 6.07) is 9.22. The van der Waals surface area contributed by atoms with Crippen molar-refractivity contribution in [3.05, 3.63) is 53.0 Å². The zero-order chi connectivity index (χ0) is 14.3. The van der Waals surface area contributed by atoms with E-state index in [1.165, 1.54) is 0 Å². The molecule has 0 fully saturated rings. The van der Waals surface area contributed by atoms with Gasteiger partial charge in [-0.2, -0.15) is 5.10 Å². The molecule has 2 aromatic heterocycles. The van der Waals surface area contributed by atoms with Gasteiger partial charge in [0, 0.05) is 11.1 Å². The fourth-order valence-corrected chi connectivity index (χ4v) is 2.30. The zero-order valence-corrected chi connectivity index (χ0v) is 11.3. The summed E-state index contributed by atoms with van der Waals surface area (Å²) in [6.07, 6.45) is 0. The Kier molecular flexibility index (Phi) is 2.82. The molecule has 0 saturated heterocycles. The number of aryl methyl sites for hydroxylation is 2. The first-order valence-corrected chi connectivity index (χ1v) is 6.30. The van der Waals surface area contributed by atoms with Gasteiger partial charge in [0.05, 0.1) is 12.2 Å². The van der Waals surface area contributed by atoms with Crippen LogP contribution in [0.3, 0.4) is 0 Å². The topological polar surface area (TPSA) is 68.3 Å². The zero-order valence-electron chi connectivity index (χ0n) is 11.3. The molecule has 0 radical (unpaired) electrons. The van der Waals surface area contributed by atoms with Crippen molar-refractivity contribution in [1.82, 2.24) is 9.78 Å². The van der Waals surface area contributed by atoms with Gasteiger partial charge in [-0.05, 0) is 43.7 Å². The van der Waals surface area contributed by atoms with Crippen LogP contribution in [-0.2, 0) is 6.54 Å². The molecule has 0 spiro atoms. The van der Waals surface area contributed by atoms with Gasteiger partial charge in [0.1, 0.15) is 5.58 Å². The molecule has 102 valence electrons. The number of carboxylic acid groups (broad SMARTS) is 1. The lowest BCUT2D eigenvalue weighted by molar-refractivity contribution is 0.0665. The van der Waals surface area contributed by atoms with Gasteiger partial charge in [0.25, 0.3) is 0 Å². The van der Waals surface area contributed by atoms with E-state index in [2.05, 4.69) is 5.10 Å². The maximum atomic E-state index is 10.9. The Bertz CT molecular complexity index is 799. The summed E-state index contributed by atoms with van der Waals surface area (Å²) >= 11 is 0. The average Bonchev–Trinajstić information content (AvgIpc) is 2.93. The Balaban J connectivity index is 1.96. The molecule has 3 aromatic rings. The maximum Gasteiger partial charge on any atom is 0.371 e. The molecule has 0 aliphatic rings. The normalized spacial score (nSPS) is 11.1. The number of fused-ring (bicyclic) bond motifs is 1. The van der Waals surface area contributed by atoms with E-state index in [9.17, 15) is 4.79 Å². The quantitative estimate of drug-likeness (QED) is 0.794. The first-order valence-electron chi connectivity index (χ1n) is 6.30. The molecule has 0 bridgehead atoms. The third kappa shape index (κ3) is 2.18. The summed E-state index contributed by atoms with van der Waals surface area (Å²) in [5.41, 5.74) is 3.72. The molecule has 0 saturated carbocycles. The summed E-state index contributed by atoms with van der Waals surface area (Å²) in [4.78, 5) is 10.9. The maximum absolute atomic E-state index is 10.9. The van der Waals surface area contributed by atoms with E-state index in [0.29, 0.717) is 12.1 Å². The Hall–Kier alpha value is -2.56. The minimum Gasteiger partial charge on any atom is -0.475 e. The highest BCUT2D eigenvalue weighted by Gasteiger charge is 2.11. The summed E-state index contributed by atoms with van der Waals surface area (Å²) in [5.74, 6) is -1.09. The number of carbonyl (C=O) groups is 1. The van der Waals surface area contributed by atoms with Crippen molar-refractivity contribution in [3.8, 4) is 0 Å². The van der Waals surface area contributed by atoms with Gasteiger partial charge in [-0.25, -0.2) is 4.79 Å². The molecule has 0 amide bonds. The van der Waals surface area contributed by atoms with Gasteiger partial charge in [0.15, 0.2) is 0 Å². The van der Waals surface area contributed by atoms with E-state index in [4.69, 9.17) is 9.52 Å². The Morgan fingerprint density at radius 3 is 2.75 bits per heavy atom. The minimum atomic E-state index is -1.05. The van der Waals surface area contributed by atoms with Gasteiger partial charge in [-0.1, -0.05) is 6.07 Å². The van der Waals surface area contributed by atoms with Crippen LogP contribution in [0.1, 0.15) is 27.5 Å². The average molecular weight is 270 g/mol. The van der Waals surface area contributed by atoms with Crippen LogP contribution >= 0.6 is 0 Å². The van der Waals surface area contributed by atoms with Gasteiger partial charge < -0.3 is 9.52 Å². The van der Waals surface area contributed by atoms with E-state index >= 15 is 0 Å². The molecule has 0 aliphatic heterocycles. The van der Waals surface area contributed by atoms with Gasteiger partial charge in [0.2, 0.25) is 5.76 Å². The molecular formula is C15H14N2O3. The molecule has 1 N–H and O–H groups in total. The highest BCUT2D eigenvalue weighted by Crippen LogP contribution is 2.21. The molecule has 0 unspecified atom stereocenters. The lowest BCUT2D eigenvalue weighted by Gasteiger charge is -2.04. The second-order valence-electron chi connectivity index (χ2n) is 4.87. The highest BCUT2D eigenvalue weighted by molar-refractivity contribution is 5.91. The van der Waals surface area contributed by atoms with E-state index in [1.807, 2.05) is 36.7 Å². The number of nitrogens with zero attached hydrogens (tertiary/aromatic N) is 2. The molecule has 2 heterocycles. The van der Waals surface area contributed by atoms with Crippen LogP contribution in [-0.4, -0.2) is 20.9 Å². The number of carboxylic acids is 1. The van der Waals surface area contributed by atoms with Gasteiger partial charge in [-0.3, -0.25) is 4.68 Å². The van der Waals surface area contributed by atoms with E-state index in [1.54, 1.807) is 12.1 Å². The number of hydrogen-bond acceptors (Lipinski definition) is 3. The van der Waals surface area contributed by atoms with Crippen LogP contribution < -0.4 is 0 Å². The van der Waals surface area contributed by atoms with Crippen LogP contribution in [0.2, 0.25) is 0 Å². The molecule has 3 rings (SSSR count). The predicted molar refractivity (Wildman–Crippen MR) is 74.0 cm³/mol. The third-order valence-electron chi connectivity index (χ3n) is 3.23. The SMILES string of the molecule is Cc1cc(C)n(Cc2ccc3oc(C(=O)O)cc3c2)n1. The first-order chi connectivity index (χ1) is 9.52. The largest absolute Gasteiger partial charge is 0.475 e. The minimum absolute atomic E-state index is 0.0386. The number of benzene rings is 1. The standard InChI is InChI=1S/C15H14N2O3/c1-9-5-10(2)17(16-9)8-11-3-4-13-12(6-11)7-14(20-13)15(18)19/h3-7H,8H2,1-2H3,(H,18,19). The smallest absolute Gasteiger partial charge is 0.371 e. The van der Waals surface area contributed by atoms with E-state index < -0.39 is 5.97 Å². The van der Waals surface area contributed by atoms with Gasteiger partial charge in [-0.15, -0.1) is 0 Å². The fraction of sp³-hybridized carbons (Fsp3) is 0.200. The van der Waals surface area contributed by atoms with Gasteiger partial charge >= 0.3 is 5.97 Å². The van der Waals surface area contributed by atoms with Crippen LogP contribution in [0.4, 0.5) is 0 Å². The Morgan fingerprint density at radius 1 is 1.30 bits per heavy atom. The van der Waals surface area contributed by atoms with Crippen molar-refractivity contribution in [3.63, 3.8) is 0 Å². The first kappa shape index (κ1) is 12.5. The highest BCUT2D eigenvalue weighted by atomic mass is 16.4. The van der Waals surface area contributed by atoms with Crippen molar-refractivity contribution in [2.75, 3.05) is 0 Å². The number of rotatable bonds is 3. The molecule has 5 nitrogen and oxygen atoms in total. The monoisotopic (exact) mass is 270 g/mol. The number of aromatic carboxylic acids is 1. The molecule has 0 aliphatic carbocycles. The lowest BCUT2D eigenvalue weighted by Crippen LogP contribution is -2.03. The van der Waals surface area contributed by atoms with E-state index in [-0.39, 0.29) is 5.76 Å². The van der Waals surface area contributed by atoms with Crippen molar-refractivity contribution in [2.24, 2.45) is 0 Å². The van der Waals surface area contributed by atoms with Crippen LogP contribution in [0, 0.1) is 13.8 Å². The fourth-order valence-electron chi connectivity index (χ4n) is 2.30. The molecule has 5 heteroatoms. The number of hydrogen-bond donors (Lipinski definition) is 1. The summed E-state index contributed by atoms with van der Waals surface area (Å²) in [6.45, 7) is 4.63. The summed E-state index contributed by atoms with van der Waals surface area (Å²) in [5, 5.41) is 14.1. The molecule has 1 aromatic carbocycles. The van der Waals surface area contributed by atoms with Crippen molar-refractivity contribution >= 4 is 16.9 Å². The molecule has 20 heavy (non-hydrogen) atoms. The number of aromatic nitrogens is 2. The van der Waals surface area contributed by atoms with Crippen LogP contribution in [0.25, 0.3) is 11.0 Å². The Labute approximate surface area is 115 Å². The summed E-state index contributed by atoms with van der Waals surface area (Å²) < 4.78 is 7.17. The lowest BCUT2D eigenvalue weighted by atomic mass is 10.1. The van der Waals surface area contributed by atoms with Crippen molar-refractivity contribution < 1.29 is 14.3 Å². The number of furan rings is 1. The Morgan fingerprint density at radius 2 is 2.10 bits per heavy atom. The third-order valence-corrected chi connectivity index (χ3v) is 3.23. The second kappa shape index (κ2) is 4.52.